The predicted octanol–water partition coefficient (Wildman–Crippen LogP) is 3.67. The van der Waals surface area contributed by atoms with Crippen LogP contribution in [0.5, 0.6) is 5.75 Å². The molecule has 0 unspecified atom stereocenters. The van der Waals surface area contributed by atoms with E-state index in [1.165, 1.54) is 24.3 Å². The fourth-order valence-electron chi connectivity index (χ4n) is 2.26. The number of carbonyl (C=O) groups excluding carboxylic acids is 2. The maximum atomic E-state index is 13.6. The number of alkyl halides is 2. The molecule has 2 rings (SSSR count). The van der Waals surface area contributed by atoms with E-state index in [2.05, 4.69) is 10.1 Å². The fourth-order valence-corrected chi connectivity index (χ4v) is 2.26. The molecule has 0 saturated heterocycles. The van der Waals surface area contributed by atoms with Gasteiger partial charge in [0.25, 0.3) is 5.91 Å². The summed E-state index contributed by atoms with van der Waals surface area (Å²) in [6, 6.07) is 8.08. The molecule has 0 saturated carbocycles. The number of rotatable bonds is 7. The van der Waals surface area contributed by atoms with Gasteiger partial charge in [0.2, 0.25) is 5.91 Å². The van der Waals surface area contributed by atoms with Crippen LogP contribution in [0.3, 0.4) is 0 Å². The zero-order chi connectivity index (χ0) is 20.0. The van der Waals surface area contributed by atoms with E-state index in [9.17, 15) is 27.2 Å². The zero-order valence-corrected chi connectivity index (χ0v) is 14.2. The summed E-state index contributed by atoms with van der Waals surface area (Å²) < 4.78 is 55.7. The highest BCUT2D eigenvalue weighted by atomic mass is 19.3. The second kappa shape index (κ2) is 9.02. The summed E-state index contributed by atoms with van der Waals surface area (Å²) in [7, 11) is 0. The lowest BCUT2D eigenvalue weighted by Crippen LogP contribution is -2.38. The van der Waals surface area contributed by atoms with Crippen molar-refractivity contribution >= 4 is 17.5 Å². The lowest BCUT2D eigenvalue weighted by Gasteiger charge is -2.20. The summed E-state index contributed by atoms with van der Waals surface area (Å²) in [6.07, 6.45) is 0. The molecule has 1 N–H and O–H groups in total. The zero-order valence-electron chi connectivity index (χ0n) is 14.2. The van der Waals surface area contributed by atoms with Gasteiger partial charge >= 0.3 is 6.61 Å². The summed E-state index contributed by atoms with van der Waals surface area (Å²) in [5.41, 5.74) is -0.456. The topological polar surface area (TPSA) is 58.6 Å². The van der Waals surface area contributed by atoms with E-state index in [4.69, 9.17) is 0 Å². The van der Waals surface area contributed by atoms with Gasteiger partial charge in [-0.3, -0.25) is 9.59 Å². The van der Waals surface area contributed by atoms with E-state index in [0.717, 1.165) is 23.1 Å². The van der Waals surface area contributed by atoms with Gasteiger partial charge in [0.05, 0.1) is 0 Å². The van der Waals surface area contributed by atoms with Crippen molar-refractivity contribution in [3.05, 3.63) is 59.7 Å². The number of benzene rings is 2. The summed E-state index contributed by atoms with van der Waals surface area (Å²) in [5, 5.41) is 2.09. The van der Waals surface area contributed by atoms with Crippen molar-refractivity contribution in [2.24, 2.45) is 0 Å². The van der Waals surface area contributed by atoms with Crippen molar-refractivity contribution in [3.8, 4) is 5.75 Å². The molecule has 0 atom stereocenters. The normalized spacial score (nSPS) is 10.6. The van der Waals surface area contributed by atoms with Gasteiger partial charge in [-0.2, -0.15) is 8.78 Å². The van der Waals surface area contributed by atoms with Crippen LogP contribution >= 0.6 is 0 Å². The summed E-state index contributed by atoms with van der Waals surface area (Å²) in [5.74, 6) is -3.32. The molecular formula is C18H16F4N2O3. The Kier molecular flexibility index (Phi) is 6.75. The summed E-state index contributed by atoms with van der Waals surface area (Å²) in [4.78, 5) is 25.6. The highest BCUT2D eigenvalue weighted by Crippen LogP contribution is 2.19. The first kappa shape index (κ1) is 20.2. The molecule has 2 amide bonds. The summed E-state index contributed by atoms with van der Waals surface area (Å²) in [6.45, 7) is -1.68. The van der Waals surface area contributed by atoms with Crippen molar-refractivity contribution in [3.63, 3.8) is 0 Å². The molecule has 0 radical (unpaired) electrons. The van der Waals surface area contributed by atoms with Gasteiger partial charge < -0.3 is 15.0 Å². The van der Waals surface area contributed by atoms with Crippen molar-refractivity contribution in [1.29, 1.82) is 0 Å². The molecule has 144 valence electrons. The lowest BCUT2D eigenvalue weighted by molar-refractivity contribution is -0.116. The molecule has 0 aliphatic carbocycles. The summed E-state index contributed by atoms with van der Waals surface area (Å²) >= 11 is 0. The van der Waals surface area contributed by atoms with Gasteiger partial charge in [0.15, 0.2) is 0 Å². The molecule has 0 fully saturated rings. The molecule has 27 heavy (non-hydrogen) atoms. The van der Waals surface area contributed by atoms with E-state index in [-0.39, 0.29) is 17.9 Å². The number of para-hydroxylation sites is 1. The van der Waals surface area contributed by atoms with E-state index in [0.29, 0.717) is 0 Å². The van der Waals surface area contributed by atoms with Crippen LogP contribution in [-0.2, 0) is 4.79 Å². The number of amides is 2. The van der Waals surface area contributed by atoms with Gasteiger partial charge in [-0.05, 0) is 43.3 Å². The van der Waals surface area contributed by atoms with Crippen LogP contribution in [0.4, 0.5) is 23.2 Å². The second-order valence-electron chi connectivity index (χ2n) is 5.37. The minimum atomic E-state index is -2.99. The van der Waals surface area contributed by atoms with E-state index in [1.54, 1.807) is 6.92 Å². The maximum absolute atomic E-state index is 13.6. The lowest BCUT2D eigenvalue weighted by atomic mass is 10.2. The minimum absolute atomic E-state index is 0.114. The average Bonchev–Trinajstić information content (AvgIpc) is 2.62. The number of nitrogens with zero attached hydrogens (tertiary/aromatic N) is 1. The van der Waals surface area contributed by atoms with E-state index in [1.807, 2.05) is 0 Å². The third-order valence-corrected chi connectivity index (χ3v) is 3.56. The van der Waals surface area contributed by atoms with Crippen LogP contribution in [0.1, 0.15) is 17.3 Å². The highest BCUT2D eigenvalue weighted by molar-refractivity contribution is 5.99. The fraction of sp³-hybridized carbons (Fsp3) is 0.222. The number of hydrogen-bond acceptors (Lipinski definition) is 3. The molecule has 2 aromatic carbocycles. The number of anilines is 1. The van der Waals surface area contributed by atoms with Crippen LogP contribution < -0.4 is 10.1 Å². The molecule has 0 aliphatic rings. The number of halogens is 4. The Morgan fingerprint density at radius 1 is 1.07 bits per heavy atom. The Morgan fingerprint density at radius 3 is 2.19 bits per heavy atom. The van der Waals surface area contributed by atoms with E-state index < -0.39 is 42.3 Å². The molecule has 0 bridgehead atoms. The molecule has 9 heteroatoms. The first-order chi connectivity index (χ1) is 12.8. The van der Waals surface area contributed by atoms with Gasteiger partial charge in [-0.1, -0.05) is 6.07 Å². The Bertz CT molecular complexity index is 793. The monoisotopic (exact) mass is 384 g/mol. The van der Waals surface area contributed by atoms with Crippen molar-refractivity contribution < 1.29 is 31.9 Å². The molecule has 2 aromatic rings. The molecule has 0 aromatic heterocycles. The van der Waals surface area contributed by atoms with Crippen molar-refractivity contribution in [2.75, 3.05) is 18.4 Å². The number of ether oxygens (including phenoxy) is 1. The minimum Gasteiger partial charge on any atom is -0.435 e. The van der Waals surface area contributed by atoms with Crippen molar-refractivity contribution in [2.45, 2.75) is 13.5 Å². The molecular weight excluding hydrogens is 368 g/mol. The Balaban J connectivity index is 2.05. The first-order valence-corrected chi connectivity index (χ1v) is 7.89. The molecule has 5 nitrogen and oxygen atoms in total. The molecule has 0 heterocycles. The Morgan fingerprint density at radius 2 is 1.67 bits per heavy atom. The van der Waals surface area contributed by atoms with Gasteiger partial charge in [0, 0.05) is 12.1 Å². The smallest absolute Gasteiger partial charge is 0.387 e. The predicted molar refractivity (Wildman–Crippen MR) is 89.6 cm³/mol. The van der Waals surface area contributed by atoms with Gasteiger partial charge in [0.1, 0.15) is 29.6 Å². The van der Waals surface area contributed by atoms with Crippen LogP contribution in [0.15, 0.2) is 42.5 Å². The number of carbonyl (C=O) groups is 2. The van der Waals surface area contributed by atoms with Crippen LogP contribution in [0, 0.1) is 11.6 Å². The number of nitrogens with one attached hydrogen (secondary N) is 1. The second-order valence-corrected chi connectivity index (χ2v) is 5.37. The third kappa shape index (κ3) is 5.44. The standard InChI is InChI=1S/C18H16F4N2O3/c1-2-24(10-15(25)23-16-13(19)4-3-5-14(16)20)17(26)11-6-8-12(9-7-11)27-18(21)22/h3-9,18H,2,10H2,1H3,(H,23,25). The third-order valence-electron chi connectivity index (χ3n) is 3.56. The van der Waals surface area contributed by atoms with E-state index >= 15 is 0 Å². The first-order valence-electron chi connectivity index (χ1n) is 7.89. The quantitative estimate of drug-likeness (QED) is 0.741. The Labute approximate surface area is 152 Å². The van der Waals surface area contributed by atoms with Crippen LogP contribution in [-0.4, -0.2) is 36.4 Å². The average molecular weight is 384 g/mol. The van der Waals surface area contributed by atoms with Crippen molar-refractivity contribution in [1.82, 2.24) is 4.90 Å². The largest absolute Gasteiger partial charge is 0.435 e. The van der Waals surface area contributed by atoms with Gasteiger partial charge in [-0.15, -0.1) is 0 Å². The van der Waals surface area contributed by atoms with Gasteiger partial charge in [-0.25, -0.2) is 8.78 Å². The number of likely N-dealkylation sites (N-methyl/N-ethyl adjacent to an activating group) is 1. The highest BCUT2D eigenvalue weighted by Gasteiger charge is 2.19. The SMILES string of the molecule is CCN(CC(=O)Nc1c(F)cccc1F)C(=O)c1ccc(OC(F)F)cc1. The maximum Gasteiger partial charge on any atom is 0.387 e. The van der Waals surface area contributed by atoms with Crippen LogP contribution in [0.25, 0.3) is 0 Å². The molecule has 0 spiro atoms. The number of hydrogen-bond donors (Lipinski definition) is 1. The Hall–Kier alpha value is -3.10. The molecule has 0 aliphatic heterocycles. The van der Waals surface area contributed by atoms with Crippen LogP contribution in [0.2, 0.25) is 0 Å².